The van der Waals surface area contributed by atoms with E-state index in [0.29, 0.717) is 23.2 Å². The molecular weight excluding hydrogens is 274 g/mol. The Balaban J connectivity index is 2.15. The van der Waals surface area contributed by atoms with Gasteiger partial charge in [-0.2, -0.15) is 4.98 Å². The van der Waals surface area contributed by atoms with Crippen LogP contribution >= 0.6 is 0 Å². The highest BCUT2D eigenvalue weighted by atomic mass is 16.5. The highest BCUT2D eigenvalue weighted by molar-refractivity contribution is 5.97. The molecule has 0 unspecified atom stereocenters. The Hall–Kier alpha value is -2.55. The number of carbonyl (C=O) groups is 1. The summed E-state index contributed by atoms with van der Waals surface area (Å²) in [7, 11) is 0. The Kier molecular flexibility index (Phi) is 4.43. The molecule has 9 heteroatoms. The van der Waals surface area contributed by atoms with Crippen LogP contribution in [0.3, 0.4) is 0 Å². The lowest BCUT2D eigenvalue weighted by Crippen LogP contribution is -2.27. The van der Waals surface area contributed by atoms with E-state index in [1.807, 2.05) is 13.8 Å². The van der Waals surface area contributed by atoms with Crippen molar-refractivity contribution in [2.75, 3.05) is 5.43 Å². The smallest absolute Gasteiger partial charge is 0.272 e. The summed E-state index contributed by atoms with van der Waals surface area (Å²) in [5.74, 6) is 6.47. The van der Waals surface area contributed by atoms with Crippen LogP contribution in [-0.4, -0.2) is 26.0 Å². The molecule has 4 N–H and O–H groups in total. The van der Waals surface area contributed by atoms with Crippen molar-refractivity contribution in [1.82, 2.24) is 25.4 Å². The molecule has 2 rings (SSSR count). The number of anilines is 1. The molecule has 0 radical (unpaired) electrons. The number of amides is 1. The van der Waals surface area contributed by atoms with Gasteiger partial charge in [0.2, 0.25) is 5.89 Å². The topological polar surface area (TPSA) is 132 Å². The lowest BCUT2D eigenvalue weighted by Gasteiger charge is -2.10. The summed E-state index contributed by atoms with van der Waals surface area (Å²) in [6, 6.07) is 0. The van der Waals surface area contributed by atoms with Crippen LogP contribution in [0.5, 0.6) is 0 Å². The molecule has 9 nitrogen and oxygen atoms in total. The molecule has 0 bridgehead atoms. The molecule has 0 aliphatic carbocycles. The number of nitrogen functional groups attached to an aromatic ring is 1. The molecule has 0 aromatic carbocycles. The average Bonchev–Trinajstić information content (AvgIpc) is 2.89. The third-order valence-electron chi connectivity index (χ3n) is 2.67. The third kappa shape index (κ3) is 3.51. The zero-order valence-corrected chi connectivity index (χ0v) is 12.0. The van der Waals surface area contributed by atoms with Gasteiger partial charge in [-0.15, -0.1) is 0 Å². The monoisotopic (exact) mass is 291 g/mol. The van der Waals surface area contributed by atoms with Crippen molar-refractivity contribution in [3.05, 3.63) is 29.4 Å². The van der Waals surface area contributed by atoms with Gasteiger partial charge in [0.05, 0.1) is 18.4 Å². The molecule has 112 valence electrons. The van der Waals surface area contributed by atoms with Crippen LogP contribution in [-0.2, 0) is 6.54 Å². The summed E-state index contributed by atoms with van der Waals surface area (Å²) in [6.07, 6.45) is 1.48. The van der Waals surface area contributed by atoms with Crippen LogP contribution in [0, 0.1) is 6.92 Å². The van der Waals surface area contributed by atoms with E-state index < -0.39 is 5.91 Å². The van der Waals surface area contributed by atoms with Gasteiger partial charge in [-0.05, 0) is 0 Å². The first-order chi connectivity index (χ1) is 10.0. The van der Waals surface area contributed by atoms with Crippen molar-refractivity contribution in [2.24, 2.45) is 5.84 Å². The maximum absolute atomic E-state index is 12.2. The van der Waals surface area contributed by atoms with E-state index in [4.69, 9.17) is 10.4 Å². The first-order valence-corrected chi connectivity index (χ1v) is 6.42. The van der Waals surface area contributed by atoms with Crippen LogP contribution in [0.4, 0.5) is 5.69 Å². The summed E-state index contributed by atoms with van der Waals surface area (Å²) in [4.78, 5) is 24.6. The van der Waals surface area contributed by atoms with Crippen LogP contribution in [0.1, 0.15) is 47.8 Å². The van der Waals surface area contributed by atoms with Crippen molar-refractivity contribution in [2.45, 2.75) is 33.2 Å². The van der Waals surface area contributed by atoms with Gasteiger partial charge in [-0.3, -0.25) is 10.6 Å². The minimum absolute atomic E-state index is 0.100. The quantitative estimate of drug-likeness (QED) is 0.536. The molecule has 1 amide bonds. The maximum Gasteiger partial charge on any atom is 0.272 e. The second-order valence-corrected chi connectivity index (χ2v) is 4.70. The van der Waals surface area contributed by atoms with Gasteiger partial charge >= 0.3 is 0 Å². The number of aryl methyl sites for hydroxylation is 1. The number of rotatable bonds is 5. The van der Waals surface area contributed by atoms with Crippen LogP contribution in [0.25, 0.3) is 0 Å². The Morgan fingerprint density at radius 3 is 2.76 bits per heavy atom. The van der Waals surface area contributed by atoms with Gasteiger partial charge < -0.3 is 15.3 Å². The number of carbonyl (C=O) groups excluding carboxylic acids is 1. The molecule has 2 aromatic rings. The number of nitrogens with one attached hydrogen (secondary N) is 2. The second-order valence-electron chi connectivity index (χ2n) is 4.70. The number of nitrogens with two attached hydrogens (primary N) is 1. The van der Waals surface area contributed by atoms with E-state index in [1.165, 1.54) is 6.20 Å². The van der Waals surface area contributed by atoms with E-state index in [1.54, 1.807) is 6.92 Å². The number of hydrogen-bond donors (Lipinski definition) is 3. The Bertz CT molecular complexity index is 638. The summed E-state index contributed by atoms with van der Waals surface area (Å²) < 4.78 is 4.83. The van der Waals surface area contributed by atoms with Crippen LogP contribution in [0.2, 0.25) is 0 Å². The SMILES string of the molecule is Cc1nc(CNC(=O)c2nc(C(C)C)ncc2NN)no1. The van der Waals surface area contributed by atoms with Crippen LogP contribution in [0.15, 0.2) is 10.7 Å². The lowest BCUT2D eigenvalue weighted by atomic mass is 10.2. The molecule has 2 heterocycles. The average molecular weight is 291 g/mol. The third-order valence-corrected chi connectivity index (χ3v) is 2.67. The standard InChI is InChI=1S/C12H17N7O2/c1-6(2)11-14-4-8(18-13)10(17-11)12(20)15-5-9-16-7(3)21-19-9/h4,6,18H,5,13H2,1-3H3,(H,15,20). The highest BCUT2D eigenvalue weighted by Crippen LogP contribution is 2.15. The van der Waals surface area contributed by atoms with Gasteiger partial charge in [0.15, 0.2) is 11.5 Å². The molecule has 2 aromatic heterocycles. The first-order valence-electron chi connectivity index (χ1n) is 6.42. The minimum Gasteiger partial charge on any atom is -0.343 e. The summed E-state index contributed by atoms with van der Waals surface area (Å²) in [5, 5.41) is 6.36. The summed E-state index contributed by atoms with van der Waals surface area (Å²) in [6.45, 7) is 5.69. The summed E-state index contributed by atoms with van der Waals surface area (Å²) >= 11 is 0. The van der Waals surface area contributed by atoms with Gasteiger partial charge in [0.1, 0.15) is 5.82 Å². The minimum atomic E-state index is -0.394. The van der Waals surface area contributed by atoms with E-state index >= 15 is 0 Å². The number of aromatic nitrogens is 4. The second kappa shape index (κ2) is 6.27. The lowest BCUT2D eigenvalue weighted by molar-refractivity contribution is 0.0945. The Labute approximate surface area is 121 Å². The summed E-state index contributed by atoms with van der Waals surface area (Å²) in [5.41, 5.74) is 2.93. The van der Waals surface area contributed by atoms with E-state index in [9.17, 15) is 4.79 Å². The fraction of sp³-hybridized carbons (Fsp3) is 0.417. The van der Waals surface area contributed by atoms with Crippen molar-refractivity contribution in [3.63, 3.8) is 0 Å². The first kappa shape index (κ1) is 14.9. The fourth-order valence-corrected chi connectivity index (χ4v) is 1.61. The van der Waals surface area contributed by atoms with E-state index in [2.05, 4.69) is 30.9 Å². The van der Waals surface area contributed by atoms with E-state index in [0.717, 1.165) is 0 Å². The Morgan fingerprint density at radius 2 is 2.19 bits per heavy atom. The van der Waals surface area contributed by atoms with Gasteiger partial charge in [0, 0.05) is 12.8 Å². The molecule has 0 saturated heterocycles. The predicted molar refractivity (Wildman–Crippen MR) is 74.1 cm³/mol. The Morgan fingerprint density at radius 1 is 1.43 bits per heavy atom. The zero-order chi connectivity index (χ0) is 15.4. The van der Waals surface area contributed by atoms with Gasteiger partial charge in [-0.25, -0.2) is 9.97 Å². The zero-order valence-electron chi connectivity index (χ0n) is 12.0. The van der Waals surface area contributed by atoms with Crippen LogP contribution < -0.4 is 16.6 Å². The molecule has 0 fully saturated rings. The largest absolute Gasteiger partial charge is 0.343 e. The molecule has 0 aliphatic heterocycles. The molecule has 21 heavy (non-hydrogen) atoms. The maximum atomic E-state index is 12.2. The van der Waals surface area contributed by atoms with Gasteiger partial charge in [0.25, 0.3) is 5.91 Å². The molecule has 0 spiro atoms. The number of hydrazine groups is 1. The molecule has 0 aliphatic rings. The normalized spacial score (nSPS) is 10.7. The number of nitrogens with zero attached hydrogens (tertiary/aromatic N) is 4. The van der Waals surface area contributed by atoms with E-state index in [-0.39, 0.29) is 18.2 Å². The number of hydrogen-bond acceptors (Lipinski definition) is 8. The van der Waals surface area contributed by atoms with Crippen molar-refractivity contribution >= 4 is 11.6 Å². The van der Waals surface area contributed by atoms with Crippen molar-refractivity contribution in [3.8, 4) is 0 Å². The molecule has 0 atom stereocenters. The van der Waals surface area contributed by atoms with Crippen molar-refractivity contribution in [1.29, 1.82) is 0 Å². The van der Waals surface area contributed by atoms with Crippen molar-refractivity contribution < 1.29 is 9.32 Å². The van der Waals surface area contributed by atoms with Gasteiger partial charge in [-0.1, -0.05) is 19.0 Å². The highest BCUT2D eigenvalue weighted by Gasteiger charge is 2.16. The molecule has 0 saturated carbocycles. The fourth-order valence-electron chi connectivity index (χ4n) is 1.61. The predicted octanol–water partition coefficient (Wildman–Crippen LogP) is 0.507. The molecular formula is C12H17N7O2.